The van der Waals surface area contributed by atoms with Crippen LogP contribution < -0.4 is 10.6 Å². The summed E-state index contributed by atoms with van der Waals surface area (Å²) >= 11 is 0. The maximum absolute atomic E-state index is 12.4. The topological polar surface area (TPSA) is 96.9 Å². The van der Waals surface area contributed by atoms with E-state index < -0.39 is 18.3 Å². The lowest BCUT2D eigenvalue weighted by atomic mass is 9.89. The van der Waals surface area contributed by atoms with Crippen LogP contribution in [0.3, 0.4) is 0 Å². The van der Waals surface area contributed by atoms with E-state index in [4.69, 9.17) is 9.47 Å². The van der Waals surface area contributed by atoms with Crippen molar-refractivity contribution in [3.05, 3.63) is 71.8 Å². The summed E-state index contributed by atoms with van der Waals surface area (Å²) in [6.45, 7) is 4.51. The summed E-state index contributed by atoms with van der Waals surface area (Å²) in [5, 5.41) is 16.1. The molecule has 1 fully saturated rings. The molecule has 1 unspecified atom stereocenters. The molecule has 0 bridgehead atoms. The van der Waals surface area contributed by atoms with Gasteiger partial charge < -0.3 is 25.2 Å². The van der Waals surface area contributed by atoms with Gasteiger partial charge in [0, 0.05) is 12.6 Å². The Morgan fingerprint density at radius 3 is 2.00 bits per heavy atom. The standard InChI is InChI=1S/C26H34N2O5.C2H6/c29-23(17-27-25(30)32-18-20-10-4-1-5-11-20)16-22-14-8-3-9-15-24(22)28-26(31)33-19-21-12-6-2-7-13-21;1-2/h1-2,4-7,10-13,22-24,29H,3,8-9,14-19H2,(H,27,30)(H,28,31);1-2H3/t22-,23?,24+;/m0./s1. The Morgan fingerprint density at radius 1 is 0.857 bits per heavy atom. The minimum atomic E-state index is -0.720. The van der Waals surface area contributed by atoms with E-state index in [1.165, 1.54) is 0 Å². The zero-order valence-corrected chi connectivity index (χ0v) is 20.9. The van der Waals surface area contributed by atoms with Crippen molar-refractivity contribution in [1.29, 1.82) is 0 Å². The van der Waals surface area contributed by atoms with Crippen molar-refractivity contribution in [1.82, 2.24) is 10.6 Å². The van der Waals surface area contributed by atoms with E-state index in [0.717, 1.165) is 43.2 Å². The Morgan fingerprint density at radius 2 is 1.40 bits per heavy atom. The van der Waals surface area contributed by atoms with Crippen LogP contribution in [0.5, 0.6) is 0 Å². The van der Waals surface area contributed by atoms with Gasteiger partial charge in [-0.05, 0) is 36.3 Å². The van der Waals surface area contributed by atoms with Crippen LogP contribution in [0.25, 0.3) is 0 Å². The number of alkyl carbamates (subject to hydrolysis) is 2. The number of hydrogen-bond donors (Lipinski definition) is 3. The molecule has 3 N–H and O–H groups in total. The van der Waals surface area contributed by atoms with Crippen molar-refractivity contribution in [2.24, 2.45) is 5.92 Å². The van der Waals surface area contributed by atoms with E-state index in [9.17, 15) is 14.7 Å². The smallest absolute Gasteiger partial charge is 0.407 e. The maximum atomic E-state index is 12.4. The Balaban J connectivity index is 0.00000210. The van der Waals surface area contributed by atoms with Gasteiger partial charge in [-0.2, -0.15) is 0 Å². The molecule has 2 aromatic rings. The molecule has 192 valence electrons. The Kier molecular flexibility index (Phi) is 13.3. The maximum Gasteiger partial charge on any atom is 0.407 e. The second kappa shape index (κ2) is 16.5. The number of aliphatic hydroxyl groups excluding tert-OH is 1. The summed E-state index contributed by atoms with van der Waals surface area (Å²) in [4.78, 5) is 24.3. The van der Waals surface area contributed by atoms with E-state index in [0.29, 0.717) is 6.42 Å². The summed E-state index contributed by atoms with van der Waals surface area (Å²) in [7, 11) is 0. The Hall–Kier alpha value is -3.06. The molecule has 1 aliphatic rings. The molecule has 3 rings (SSSR count). The van der Waals surface area contributed by atoms with Crippen molar-refractivity contribution in [3.63, 3.8) is 0 Å². The average molecular weight is 485 g/mol. The van der Waals surface area contributed by atoms with Crippen molar-refractivity contribution in [3.8, 4) is 0 Å². The molecule has 7 heteroatoms. The number of carbonyl (C=O) groups is 2. The molecular weight excluding hydrogens is 444 g/mol. The van der Waals surface area contributed by atoms with E-state index >= 15 is 0 Å². The van der Waals surface area contributed by atoms with Crippen LogP contribution in [-0.2, 0) is 22.7 Å². The molecule has 1 aliphatic carbocycles. The first-order valence-electron chi connectivity index (χ1n) is 12.7. The number of ether oxygens (including phenoxy) is 2. The predicted octanol–water partition coefficient (Wildman–Crippen LogP) is 5.57. The Bertz CT molecular complexity index is 847. The van der Waals surface area contributed by atoms with Gasteiger partial charge in [0.15, 0.2) is 0 Å². The quantitative estimate of drug-likeness (QED) is 0.405. The average Bonchev–Trinajstić information content (AvgIpc) is 3.12. The molecule has 0 saturated heterocycles. The number of hydrogen-bond acceptors (Lipinski definition) is 5. The first-order valence-corrected chi connectivity index (χ1v) is 12.7. The molecule has 0 aromatic heterocycles. The molecule has 3 atom stereocenters. The van der Waals surface area contributed by atoms with Crippen LogP contribution in [0.4, 0.5) is 9.59 Å². The van der Waals surface area contributed by atoms with Gasteiger partial charge >= 0.3 is 12.2 Å². The van der Waals surface area contributed by atoms with Gasteiger partial charge in [-0.3, -0.25) is 0 Å². The molecule has 0 spiro atoms. The fourth-order valence-electron chi connectivity index (χ4n) is 4.18. The van der Waals surface area contributed by atoms with Crippen LogP contribution in [-0.4, -0.2) is 36.0 Å². The van der Waals surface area contributed by atoms with E-state index in [1.807, 2.05) is 74.5 Å². The lowest BCUT2D eigenvalue weighted by molar-refractivity contribution is 0.103. The first-order chi connectivity index (χ1) is 17.1. The third kappa shape index (κ3) is 11.3. The fourth-order valence-corrected chi connectivity index (χ4v) is 4.18. The Labute approximate surface area is 209 Å². The zero-order chi connectivity index (χ0) is 25.3. The summed E-state index contributed by atoms with van der Waals surface area (Å²) < 4.78 is 10.6. The number of aliphatic hydroxyl groups is 1. The summed E-state index contributed by atoms with van der Waals surface area (Å²) in [6, 6.07) is 18.9. The van der Waals surface area contributed by atoms with Crippen molar-refractivity contribution >= 4 is 12.2 Å². The largest absolute Gasteiger partial charge is 0.445 e. The van der Waals surface area contributed by atoms with Gasteiger partial charge in [-0.15, -0.1) is 0 Å². The third-order valence-corrected chi connectivity index (χ3v) is 5.94. The van der Waals surface area contributed by atoms with Gasteiger partial charge in [-0.1, -0.05) is 93.8 Å². The van der Waals surface area contributed by atoms with Gasteiger partial charge in [0.05, 0.1) is 6.10 Å². The van der Waals surface area contributed by atoms with E-state index in [-0.39, 0.29) is 31.7 Å². The minimum Gasteiger partial charge on any atom is -0.445 e. The van der Waals surface area contributed by atoms with Crippen LogP contribution in [0.2, 0.25) is 0 Å². The monoisotopic (exact) mass is 484 g/mol. The van der Waals surface area contributed by atoms with Crippen molar-refractivity contribution in [2.75, 3.05) is 6.54 Å². The van der Waals surface area contributed by atoms with Crippen LogP contribution in [0.15, 0.2) is 60.7 Å². The highest BCUT2D eigenvalue weighted by atomic mass is 16.6. The number of benzene rings is 2. The van der Waals surface area contributed by atoms with E-state index in [1.54, 1.807) is 0 Å². The highest BCUT2D eigenvalue weighted by molar-refractivity contribution is 5.67. The number of amides is 2. The molecule has 35 heavy (non-hydrogen) atoms. The molecule has 2 amide bonds. The number of nitrogens with one attached hydrogen (secondary N) is 2. The molecule has 1 saturated carbocycles. The van der Waals surface area contributed by atoms with Crippen LogP contribution >= 0.6 is 0 Å². The predicted molar refractivity (Wildman–Crippen MR) is 137 cm³/mol. The van der Waals surface area contributed by atoms with Crippen LogP contribution in [0.1, 0.15) is 63.5 Å². The molecular formula is C28H40N2O5. The fraction of sp³-hybridized carbons (Fsp3) is 0.500. The second-order valence-electron chi connectivity index (χ2n) is 8.54. The summed E-state index contributed by atoms with van der Waals surface area (Å²) in [5.41, 5.74) is 1.84. The highest BCUT2D eigenvalue weighted by Gasteiger charge is 2.28. The molecule has 2 aromatic carbocycles. The molecule has 0 heterocycles. The van der Waals surface area contributed by atoms with Crippen LogP contribution in [0, 0.1) is 5.92 Å². The van der Waals surface area contributed by atoms with E-state index in [2.05, 4.69) is 10.6 Å². The zero-order valence-electron chi connectivity index (χ0n) is 20.9. The molecule has 0 aliphatic heterocycles. The van der Waals surface area contributed by atoms with Crippen molar-refractivity contribution < 1.29 is 24.2 Å². The number of carbonyl (C=O) groups excluding carboxylic acids is 2. The number of rotatable bonds is 9. The molecule has 0 radical (unpaired) electrons. The van der Waals surface area contributed by atoms with Gasteiger partial charge in [0.25, 0.3) is 0 Å². The second-order valence-corrected chi connectivity index (χ2v) is 8.54. The first kappa shape index (κ1) is 28.2. The van der Waals surface area contributed by atoms with Gasteiger partial charge in [0.2, 0.25) is 0 Å². The summed E-state index contributed by atoms with van der Waals surface area (Å²) in [5.74, 6) is 0.119. The SMILES string of the molecule is CC.O=C(NCC(O)C[C@@H]1CCCCC[C@H]1NC(=O)OCc1ccccc1)OCc1ccccc1. The van der Waals surface area contributed by atoms with Gasteiger partial charge in [-0.25, -0.2) is 9.59 Å². The third-order valence-electron chi connectivity index (χ3n) is 5.94. The summed E-state index contributed by atoms with van der Waals surface area (Å²) in [6.07, 6.45) is 3.73. The normalized spacial score (nSPS) is 18.1. The lowest BCUT2D eigenvalue weighted by Crippen LogP contribution is -2.42. The van der Waals surface area contributed by atoms with Crippen molar-refractivity contribution in [2.45, 2.75) is 77.7 Å². The minimum absolute atomic E-state index is 0.0598. The lowest BCUT2D eigenvalue weighted by Gasteiger charge is -2.27. The molecule has 7 nitrogen and oxygen atoms in total. The highest BCUT2D eigenvalue weighted by Crippen LogP contribution is 2.27. The van der Waals surface area contributed by atoms with Gasteiger partial charge in [0.1, 0.15) is 13.2 Å².